The van der Waals surface area contributed by atoms with Crippen LogP contribution in [0.25, 0.3) is 0 Å². The van der Waals surface area contributed by atoms with Gasteiger partial charge in [0.1, 0.15) is 5.00 Å². The number of thiophene rings is 1. The Morgan fingerprint density at radius 1 is 1.55 bits per heavy atom. The quantitative estimate of drug-likeness (QED) is 0.852. The molecule has 1 saturated heterocycles. The van der Waals surface area contributed by atoms with Gasteiger partial charge >= 0.3 is 11.9 Å². The molecule has 1 aromatic heterocycles. The Morgan fingerprint density at radius 3 is 2.75 bits per heavy atom. The predicted octanol–water partition coefficient (Wildman–Crippen LogP) is 1.53. The van der Waals surface area contributed by atoms with E-state index in [4.69, 9.17) is 9.84 Å². The molecule has 1 amide bonds. The number of rotatable bonds is 4. The highest BCUT2D eigenvalue weighted by molar-refractivity contribution is 7.16. The maximum atomic E-state index is 12.0. The smallest absolute Gasteiger partial charge is 0.340 e. The number of methoxy groups -OCH3 is 1. The van der Waals surface area contributed by atoms with E-state index in [2.05, 4.69) is 0 Å². The zero-order valence-corrected chi connectivity index (χ0v) is 12.0. The molecule has 1 aromatic rings. The van der Waals surface area contributed by atoms with Crippen LogP contribution in [-0.4, -0.2) is 36.6 Å². The second kappa shape index (κ2) is 5.62. The van der Waals surface area contributed by atoms with Crippen LogP contribution in [0.5, 0.6) is 0 Å². The van der Waals surface area contributed by atoms with Crippen molar-refractivity contribution in [2.75, 3.05) is 18.6 Å². The third-order valence-corrected chi connectivity index (χ3v) is 4.54. The van der Waals surface area contributed by atoms with E-state index in [0.717, 1.165) is 11.3 Å². The number of anilines is 1. The summed E-state index contributed by atoms with van der Waals surface area (Å²) in [5.74, 6) is -2.50. The van der Waals surface area contributed by atoms with Crippen molar-refractivity contribution in [3.8, 4) is 0 Å². The van der Waals surface area contributed by atoms with E-state index < -0.39 is 17.9 Å². The minimum absolute atomic E-state index is 0.0324. The van der Waals surface area contributed by atoms with E-state index in [-0.39, 0.29) is 18.9 Å². The van der Waals surface area contributed by atoms with Gasteiger partial charge in [-0.3, -0.25) is 9.59 Å². The second-order valence-electron chi connectivity index (χ2n) is 4.52. The lowest BCUT2D eigenvalue weighted by atomic mass is 10.1. The van der Waals surface area contributed by atoms with Gasteiger partial charge in [0.15, 0.2) is 0 Å². The second-order valence-corrected chi connectivity index (χ2v) is 5.64. The first-order valence-electron chi connectivity index (χ1n) is 6.22. The maximum Gasteiger partial charge on any atom is 0.340 e. The molecule has 108 valence electrons. The summed E-state index contributed by atoms with van der Waals surface area (Å²) in [6.07, 6.45) is 0.703. The number of hydrogen-bond acceptors (Lipinski definition) is 5. The molecule has 7 heteroatoms. The molecule has 20 heavy (non-hydrogen) atoms. The standard InChI is InChI=1S/C13H15NO5S/c1-3-8-5-9(13(18)19-2)11(20-8)14-6-7(12(16)17)4-10(14)15/h5,7H,3-4,6H2,1-2H3,(H,16,17). The fraction of sp³-hybridized carbons (Fsp3) is 0.462. The van der Waals surface area contributed by atoms with E-state index in [0.29, 0.717) is 10.6 Å². The number of nitrogens with zero attached hydrogens (tertiary/aromatic N) is 1. The van der Waals surface area contributed by atoms with E-state index >= 15 is 0 Å². The summed E-state index contributed by atoms with van der Waals surface area (Å²) in [4.78, 5) is 37.1. The van der Waals surface area contributed by atoms with Gasteiger partial charge in [-0.2, -0.15) is 0 Å². The molecule has 0 saturated carbocycles. The summed E-state index contributed by atoms with van der Waals surface area (Å²) < 4.78 is 4.72. The van der Waals surface area contributed by atoms with Crippen molar-refractivity contribution < 1.29 is 24.2 Å². The van der Waals surface area contributed by atoms with E-state index in [1.54, 1.807) is 6.07 Å². The fourth-order valence-electron chi connectivity index (χ4n) is 2.13. The molecular weight excluding hydrogens is 282 g/mol. The van der Waals surface area contributed by atoms with Crippen LogP contribution < -0.4 is 4.90 Å². The van der Waals surface area contributed by atoms with Gasteiger partial charge in [-0.05, 0) is 12.5 Å². The Kier molecular flexibility index (Phi) is 4.08. The monoisotopic (exact) mass is 297 g/mol. The van der Waals surface area contributed by atoms with Gasteiger partial charge in [0.05, 0.1) is 18.6 Å². The van der Waals surface area contributed by atoms with Crippen LogP contribution in [0, 0.1) is 5.92 Å². The highest BCUT2D eigenvalue weighted by atomic mass is 32.1. The molecule has 6 nitrogen and oxygen atoms in total. The van der Waals surface area contributed by atoms with Crippen LogP contribution in [0.15, 0.2) is 6.07 Å². The van der Waals surface area contributed by atoms with Crippen molar-refractivity contribution in [2.24, 2.45) is 5.92 Å². The van der Waals surface area contributed by atoms with Crippen LogP contribution in [0.2, 0.25) is 0 Å². The van der Waals surface area contributed by atoms with Crippen LogP contribution >= 0.6 is 11.3 Å². The van der Waals surface area contributed by atoms with Crippen molar-refractivity contribution in [2.45, 2.75) is 19.8 Å². The number of hydrogen-bond donors (Lipinski definition) is 1. The number of carbonyl (C=O) groups excluding carboxylic acids is 2. The van der Waals surface area contributed by atoms with Gasteiger partial charge in [0.2, 0.25) is 5.91 Å². The number of esters is 1. The third kappa shape index (κ3) is 2.53. The first-order chi connectivity index (χ1) is 9.47. The molecular formula is C13H15NO5S. The predicted molar refractivity (Wildman–Crippen MR) is 73.1 cm³/mol. The molecule has 1 atom stereocenters. The third-order valence-electron chi connectivity index (χ3n) is 3.24. The van der Waals surface area contributed by atoms with Gasteiger partial charge in [0.25, 0.3) is 0 Å². The molecule has 1 N–H and O–H groups in total. The lowest BCUT2D eigenvalue weighted by molar-refractivity contribution is -0.141. The average Bonchev–Trinajstić information content (AvgIpc) is 3.00. The average molecular weight is 297 g/mol. The summed E-state index contributed by atoms with van der Waals surface area (Å²) >= 11 is 1.33. The Hall–Kier alpha value is -1.89. The molecule has 0 aliphatic carbocycles. The number of carbonyl (C=O) groups is 3. The van der Waals surface area contributed by atoms with Crippen LogP contribution in [0.4, 0.5) is 5.00 Å². The summed E-state index contributed by atoms with van der Waals surface area (Å²) in [5, 5.41) is 9.49. The van der Waals surface area contributed by atoms with Crippen molar-refractivity contribution in [3.05, 3.63) is 16.5 Å². The van der Waals surface area contributed by atoms with Crippen LogP contribution in [-0.2, 0) is 20.7 Å². The lowest BCUT2D eigenvalue weighted by Crippen LogP contribution is -2.26. The molecule has 0 spiro atoms. The molecule has 2 heterocycles. The molecule has 0 radical (unpaired) electrons. The zero-order valence-electron chi connectivity index (χ0n) is 11.2. The van der Waals surface area contributed by atoms with E-state index in [9.17, 15) is 14.4 Å². The van der Waals surface area contributed by atoms with Crippen LogP contribution in [0.1, 0.15) is 28.6 Å². The summed E-state index contributed by atoms with van der Waals surface area (Å²) in [5.41, 5.74) is 0.328. The maximum absolute atomic E-state index is 12.0. The van der Waals surface area contributed by atoms with Gasteiger partial charge in [-0.1, -0.05) is 6.92 Å². The summed E-state index contributed by atoms with van der Waals surface area (Å²) in [6, 6.07) is 1.70. The van der Waals surface area contributed by atoms with Crippen molar-refractivity contribution in [3.63, 3.8) is 0 Å². The van der Waals surface area contributed by atoms with Crippen molar-refractivity contribution in [1.29, 1.82) is 0 Å². The number of carboxylic acid groups (broad SMARTS) is 1. The molecule has 1 fully saturated rings. The molecule has 0 aromatic carbocycles. The zero-order chi connectivity index (χ0) is 14.9. The van der Waals surface area contributed by atoms with Crippen LogP contribution in [0.3, 0.4) is 0 Å². The first kappa shape index (κ1) is 14.5. The number of carboxylic acids is 1. The Bertz CT molecular complexity index is 565. The molecule has 1 aliphatic heterocycles. The van der Waals surface area contributed by atoms with E-state index in [1.807, 2.05) is 6.92 Å². The summed E-state index contributed by atoms with van der Waals surface area (Å²) in [6.45, 7) is 2.05. The highest BCUT2D eigenvalue weighted by Crippen LogP contribution is 2.36. The Balaban J connectivity index is 2.37. The fourth-order valence-corrected chi connectivity index (χ4v) is 3.24. The number of aryl methyl sites for hydroxylation is 1. The van der Waals surface area contributed by atoms with Gasteiger partial charge in [-0.25, -0.2) is 4.79 Å². The number of aliphatic carboxylic acids is 1. The molecule has 1 aliphatic rings. The van der Waals surface area contributed by atoms with Gasteiger partial charge in [0, 0.05) is 17.8 Å². The van der Waals surface area contributed by atoms with Gasteiger partial charge in [-0.15, -0.1) is 11.3 Å². The SMILES string of the molecule is CCc1cc(C(=O)OC)c(N2CC(C(=O)O)CC2=O)s1. The summed E-state index contributed by atoms with van der Waals surface area (Å²) in [7, 11) is 1.28. The van der Waals surface area contributed by atoms with Gasteiger partial charge < -0.3 is 14.7 Å². The Labute approximate surface area is 120 Å². The molecule has 0 bridgehead atoms. The topological polar surface area (TPSA) is 83.9 Å². The molecule has 1 unspecified atom stereocenters. The number of amides is 1. The molecule has 2 rings (SSSR count). The highest BCUT2D eigenvalue weighted by Gasteiger charge is 2.37. The van der Waals surface area contributed by atoms with Crippen molar-refractivity contribution >= 4 is 34.2 Å². The van der Waals surface area contributed by atoms with E-state index in [1.165, 1.54) is 23.3 Å². The normalized spacial score (nSPS) is 18.4. The van der Waals surface area contributed by atoms with Crippen molar-refractivity contribution in [1.82, 2.24) is 0 Å². The first-order valence-corrected chi connectivity index (χ1v) is 7.03. The lowest BCUT2D eigenvalue weighted by Gasteiger charge is -2.15. The number of ether oxygens (including phenoxy) is 1. The minimum atomic E-state index is -0.993. The largest absolute Gasteiger partial charge is 0.481 e. The minimum Gasteiger partial charge on any atom is -0.481 e. The Morgan fingerprint density at radius 2 is 2.25 bits per heavy atom.